The minimum absolute atomic E-state index is 0.337. The van der Waals surface area contributed by atoms with Gasteiger partial charge in [0, 0.05) is 61.2 Å². The first-order chi connectivity index (χ1) is 27.7. The molecular weight excluding hydrogens is 725 g/mol. The van der Waals surface area contributed by atoms with Crippen molar-refractivity contribution in [2.24, 2.45) is 19.8 Å². The summed E-state index contributed by atoms with van der Waals surface area (Å²) in [6, 6.07) is 9.05. The zero-order valence-corrected chi connectivity index (χ0v) is 37.6. The fraction of sp³-hybridized carbons (Fsp3) is 0.373. The van der Waals surface area contributed by atoms with Gasteiger partial charge in [-0.05, 0) is 169 Å². The van der Waals surface area contributed by atoms with E-state index >= 15 is 0 Å². The molecule has 8 heteroatoms. The number of nitrogens with one attached hydrogen (secondary N) is 1. The van der Waals surface area contributed by atoms with Crippen molar-refractivity contribution in [1.29, 1.82) is 10.5 Å². The minimum Gasteiger partial charge on any atom is -0.350 e. The largest absolute Gasteiger partial charge is 0.350 e. The van der Waals surface area contributed by atoms with E-state index in [1.807, 2.05) is 34.7 Å². The van der Waals surface area contributed by atoms with Crippen LogP contribution in [0.4, 0.5) is 0 Å². The summed E-state index contributed by atoms with van der Waals surface area (Å²) in [5.41, 5.74) is 30.8. The van der Waals surface area contributed by atoms with Crippen LogP contribution in [0.25, 0.3) is 34.0 Å². The Morgan fingerprint density at radius 3 is 1.46 bits per heavy atom. The standard InChI is InChI=1S/C26H30N4.C25H28N4/c1-14-15(2)24(20-9-10-30(8)25(20)16(14)3)26(6,28-7)19-11-21-17(4)22(13-27)18(5)29-23(21)12-19;1-13-14(2)23(19-8-9-29(7)24(19)15(13)3)25(6,27)18-10-20-16(4)21(12-26)17(5)28-22(20)11-18/h9-11,28H,12H2,1-8H3;8-10H,11,27H2,1-7H3. The van der Waals surface area contributed by atoms with Crippen molar-refractivity contribution in [3.8, 4) is 12.1 Å². The third-order valence-corrected chi connectivity index (χ3v) is 14.3. The Bertz CT molecular complexity index is 2950. The van der Waals surface area contributed by atoms with Gasteiger partial charge < -0.3 is 20.2 Å². The normalized spacial score (nSPS) is 15.2. The van der Waals surface area contributed by atoms with Gasteiger partial charge in [-0.3, -0.25) is 9.97 Å². The van der Waals surface area contributed by atoms with Crippen LogP contribution in [-0.2, 0) is 38.0 Å². The van der Waals surface area contributed by atoms with Crippen LogP contribution in [0.1, 0.15) is 115 Å². The summed E-state index contributed by atoms with van der Waals surface area (Å²) in [6.45, 7) is 25.5. The van der Waals surface area contributed by atoms with Crippen molar-refractivity contribution < 1.29 is 0 Å². The molecule has 59 heavy (non-hydrogen) atoms. The highest BCUT2D eigenvalue weighted by molar-refractivity contribution is 5.92. The number of hydrogen-bond donors (Lipinski definition) is 2. The number of hydrogen-bond acceptors (Lipinski definition) is 6. The zero-order valence-electron chi connectivity index (χ0n) is 37.6. The van der Waals surface area contributed by atoms with Crippen molar-refractivity contribution >= 4 is 34.0 Å². The molecule has 2 aromatic carbocycles. The summed E-state index contributed by atoms with van der Waals surface area (Å²) in [7, 11) is 6.25. The van der Waals surface area contributed by atoms with E-state index in [-0.39, 0.29) is 5.54 Å². The minimum atomic E-state index is -0.629. The Kier molecular flexibility index (Phi) is 10.2. The van der Waals surface area contributed by atoms with Gasteiger partial charge in [0.05, 0.1) is 56.0 Å². The summed E-state index contributed by atoms with van der Waals surface area (Å²) >= 11 is 0. The number of pyridine rings is 2. The highest BCUT2D eigenvalue weighted by Gasteiger charge is 2.38. The monoisotopic (exact) mass is 782 g/mol. The van der Waals surface area contributed by atoms with E-state index in [9.17, 15) is 10.5 Å². The number of nitrogens with two attached hydrogens (primary N) is 1. The lowest BCUT2D eigenvalue weighted by atomic mass is 9.77. The molecular formula is C51H58N8. The van der Waals surface area contributed by atoms with Crippen molar-refractivity contribution in [3.05, 3.63) is 136 Å². The summed E-state index contributed by atoms with van der Waals surface area (Å²) in [4.78, 5) is 9.52. The van der Waals surface area contributed by atoms with Crippen LogP contribution in [0.2, 0.25) is 0 Å². The lowest BCUT2D eigenvalue weighted by Crippen LogP contribution is -2.40. The van der Waals surface area contributed by atoms with Crippen LogP contribution in [0.3, 0.4) is 0 Å². The Hall–Kier alpha value is -5.80. The van der Waals surface area contributed by atoms with Crippen LogP contribution in [0.15, 0.2) is 35.7 Å². The van der Waals surface area contributed by atoms with Crippen molar-refractivity contribution in [2.45, 2.75) is 107 Å². The van der Waals surface area contributed by atoms with Crippen LogP contribution in [0.5, 0.6) is 0 Å². The van der Waals surface area contributed by atoms with Gasteiger partial charge in [-0.15, -0.1) is 0 Å². The molecule has 2 atom stereocenters. The second kappa shape index (κ2) is 14.5. The van der Waals surface area contributed by atoms with Gasteiger partial charge in [-0.2, -0.15) is 10.5 Å². The average molecular weight is 783 g/mol. The summed E-state index contributed by atoms with van der Waals surface area (Å²) in [6.07, 6.45) is 10.2. The molecule has 0 amide bonds. The molecule has 4 heterocycles. The number of aromatic nitrogens is 4. The molecule has 2 unspecified atom stereocenters. The lowest BCUT2D eigenvalue weighted by Gasteiger charge is -2.35. The van der Waals surface area contributed by atoms with Crippen LogP contribution in [0, 0.1) is 91.9 Å². The van der Waals surface area contributed by atoms with Gasteiger partial charge in [0.1, 0.15) is 12.1 Å². The third-order valence-electron chi connectivity index (χ3n) is 14.3. The summed E-state index contributed by atoms with van der Waals surface area (Å²) in [5, 5.41) is 25.2. The Morgan fingerprint density at radius 1 is 0.610 bits per heavy atom. The molecule has 3 N–H and O–H groups in total. The summed E-state index contributed by atoms with van der Waals surface area (Å²) < 4.78 is 4.41. The predicted molar refractivity (Wildman–Crippen MR) is 242 cm³/mol. The van der Waals surface area contributed by atoms with Crippen molar-refractivity contribution in [1.82, 2.24) is 24.4 Å². The fourth-order valence-electron chi connectivity index (χ4n) is 10.3. The number of aryl methyl sites for hydroxylation is 6. The van der Waals surface area contributed by atoms with E-state index in [1.165, 1.54) is 71.9 Å². The first-order valence-electron chi connectivity index (χ1n) is 20.6. The van der Waals surface area contributed by atoms with Crippen molar-refractivity contribution in [2.75, 3.05) is 7.05 Å². The molecule has 0 bridgehead atoms. The Balaban J connectivity index is 0.000000179. The number of benzene rings is 2. The zero-order chi connectivity index (χ0) is 43.2. The smallest absolute Gasteiger partial charge is 0.101 e. The fourth-order valence-corrected chi connectivity index (χ4v) is 10.3. The molecule has 0 spiro atoms. The highest BCUT2D eigenvalue weighted by atomic mass is 15.0. The molecule has 0 saturated heterocycles. The van der Waals surface area contributed by atoms with Crippen molar-refractivity contribution in [3.63, 3.8) is 0 Å². The molecule has 8 rings (SSSR count). The van der Waals surface area contributed by atoms with Gasteiger partial charge in [-0.1, -0.05) is 12.2 Å². The molecule has 0 fully saturated rings. The maximum Gasteiger partial charge on any atom is 0.101 e. The molecule has 6 aromatic rings. The first kappa shape index (κ1) is 41.4. The van der Waals surface area contributed by atoms with Crippen LogP contribution in [-0.4, -0.2) is 26.1 Å². The maximum atomic E-state index is 9.57. The van der Waals surface area contributed by atoms with E-state index in [4.69, 9.17) is 15.7 Å². The molecule has 4 aromatic heterocycles. The van der Waals surface area contributed by atoms with Crippen LogP contribution < -0.4 is 11.1 Å². The Labute approximate surface area is 350 Å². The van der Waals surface area contributed by atoms with Gasteiger partial charge >= 0.3 is 0 Å². The van der Waals surface area contributed by atoms with Gasteiger partial charge in [-0.25, -0.2) is 0 Å². The molecule has 302 valence electrons. The Morgan fingerprint density at radius 2 is 1.02 bits per heavy atom. The maximum absolute atomic E-state index is 9.57. The van der Waals surface area contributed by atoms with Crippen LogP contribution >= 0.6 is 0 Å². The van der Waals surface area contributed by atoms with E-state index in [0.717, 1.165) is 63.4 Å². The van der Waals surface area contributed by atoms with E-state index in [0.29, 0.717) is 11.1 Å². The molecule has 0 saturated carbocycles. The molecule has 0 aliphatic heterocycles. The first-order valence-corrected chi connectivity index (χ1v) is 20.6. The number of nitrogens with zero attached hydrogens (tertiary/aromatic N) is 6. The SMILES string of the molecule is CNC(C)(C1=Cc2c(nc(C)c(C#N)c2C)C1)c1c(C)c(C)c(C)c2c1ccn2C.Cc1nc2c(c(C)c1C#N)C=C(C(C)(N)c1c(C)c(C)c(C)c3c1ccn3C)C2. The molecule has 8 nitrogen and oxygen atoms in total. The molecule has 2 aliphatic rings. The third kappa shape index (κ3) is 6.07. The highest BCUT2D eigenvalue weighted by Crippen LogP contribution is 2.45. The second-order valence-corrected chi connectivity index (χ2v) is 17.5. The van der Waals surface area contributed by atoms with Gasteiger partial charge in [0.2, 0.25) is 0 Å². The quantitative estimate of drug-likeness (QED) is 0.180. The molecule has 2 aliphatic carbocycles. The topological polar surface area (TPSA) is 121 Å². The second-order valence-electron chi connectivity index (χ2n) is 17.5. The number of rotatable bonds is 5. The number of nitriles is 2. The summed E-state index contributed by atoms with van der Waals surface area (Å²) in [5.74, 6) is 0. The van der Waals surface area contributed by atoms with E-state index in [1.54, 1.807) is 0 Å². The van der Waals surface area contributed by atoms with E-state index < -0.39 is 5.54 Å². The lowest BCUT2D eigenvalue weighted by molar-refractivity contribution is 0.469. The van der Waals surface area contributed by atoms with E-state index in [2.05, 4.69) is 133 Å². The van der Waals surface area contributed by atoms with Gasteiger partial charge in [0.25, 0.3) is 0 Å². The predicted octanol–water partition coefficient (Wildman–Crippen LogP) is 9.86. The average Bonchev–Trinajstić information content (AvgIpc) is 3.99. The molecule has 0 radical (unpaired) electrons. The van der Waals surface area contributed by atoms with Gasteiger partial charge in [0.15, 0.2) is 0 Å². The number of fused-ring (bicyclic) bond motifs is 4. The number of likely N-dealkylation sites (N-methyl/N-ethyl adjacent to an activating group) is 1.